The van der Waals surface area contributed by atoms with Crippen molar-refractivity contribution in [2.45, 2.75) is 38.4 Å². The van der Waals surface area contributed by atoms with Crippen molar-refractivity contribution in [3.05, 3.63) is 59.8 Å². The van der Waals surface area contributed by atoms with Gasteiger partial charge in [0, 0.05) is 18.3 Å². The molecule has 0 aliphatic heterocycles. The quantitative estimate of drug-likeness (QED) is 0.509. The van der Waals surface area contributed by atoms with Gasteiger partial charge in [0.2, 0.25) is 11.8 Å². The first kappa shape index (κ1) is 25.6. The number of nitrogens with one attached hydrogen (secondary N) is 2. The Bertz CT molecular complexity index is 746. The van der Waals surface area contributed by atoms with Crippen molar-refractivity contribution in [2.75, 3.05) is 5.73 Å². The van der Waals surface area contributed by atoms with Crippen LogP contribution in [0.2, 0.25) is 0 Å². The number of benzene rings is 1. The highest BCUT2D eigenvalue weighted by Gasteiger charge is 2.20. The van der Waals surface area contributed by atoms with Gasteiger partial charge in [0.15, 0.2) is 0 Å². The number of hydrogen-bond donors (Lipinski definition) is 4. The fourth-order valence-corrected chi connectivity index (χ4v) is 2.42. The summed E-state index contributed by atoms with van der Waals surface area (Å²) in [6.07, 6.45) is 2.80. The molecule has 154 valence electrons. The van der Waals surface area contributed by atoms with Crippen LogP contribution in [0.4, 0.5) is 5.82 Å². The van der Waals surface area contributed by atoms with Crippen LogP contribution in [0, 0.1) is 0 Å². The molecular weight excluding hydrogens is 401 g/mol. The summed E-state index contributed by atoms with van der Waals surface area (Å²) in [6, 6.07) is 12.0. The maximum Gasteiger partial charge on any atom is 0.242 e. The van der Waals surface area contributed by atoms with Crippen molar-refractivity contribution in [3.63, 3.8) is 0 Å². The largest absolute Gasteiger partial charge is 0.383 e. The molecule has 0 saturated carbocycles. The van der Waals surface area contributed by atoms with Crippen molar-refractivity contribution in [3.8, 4) is 0 Å². The van der Waals surface area contributed by atoms with Gasteiger partial charge in [-0.1, -0.05) is 36.4 Å². The number of pyridine rings is 1. The van der Waals surface area contributed by atoms with Gasteiger partial charge in [-0.15, -0.1) is 24.8 Å². The molecule has 0 bridgehead atoms. The van der Waals surface area contributed by atoms with Gasteiger partial charge in [-0.05, 0) is 31.4 Å². The van der Waals surface area contributed by atoms with E-state index < -0.39 is 12.1 Å². The fraction of sp³-hybridized carbons (Fsp3) is 0.316. The lowest BCUT2D eigenvalue weighted by Crippen LogP contribution is -2.50. The summed E-state index contributed by atoms with van der Waals surface area (Å²) < 4.78 is 0. The fourth-order valence-electron chi connectivity index (χ4n) is 2.42. The molecule has 9 heteroatoms. The van der Waals surface area contributed by atoms with E-state index in [1.807, 2.05) is 30.3 Å². The van der Waals surface area contributed by atoms with E-state index in [0.29, 0.717) is 18.7 Å². The number of carbonyl (C=O) groups excluding carboxylic acids is 2. The highest BCUT2D eigenvalue weighted by molar-refractivity contribution is 5.89. The Hall–Kier alpha value is -2.35. The molecule has 0 fully saturated rings. The van der Waals surface area contributed by atoms with E-state index in [1.54, 1.807) is 25.3 Å². The third kappa shape index (κ3) is 8.12. The topological polar surface area (TPSA) is 123 Å². The molecule has 0 aliphatic rings. The number of nitrogens with two attached hydrogens (primary N) is 2. The molecule has 0 radical (unpaired) electrons. The first-order chi connectivity index (χ1) is 12.5. The first-order valence-electron chi connectivity index (χ1n) is 8.54. The van der Waals surface area contributed by atoms with Crippen LogP contribution in [0.5, 0.6) is 0 Å². The van der Waals surface area contributed by atoms with Gasteiger partial charge in [-0.2, -0.15) is 0 Å². The van der Waals surface area contributed by atoms with Gasteiger partial charge < -0.3 is 22.1 Å². The third-order valence-electron chi connectivity index (χ3n) is 4.05. The molecule has 28 heavy (non-hydrogen) atoms. The van der Waals surface area contributed by atoms with Crippen LogP contribution in [0.3, 0.4) is 0 Å². The van der Waals surface area contributed by atoms with Crippen LogP contribution in [-0.2, 0) is 22.6 Å². The summed E-state index contributed by atoms with van der Waals surface area (Å²) in [5, 5.41) is 5.37. The van der Waals surface area contributed by atoms with Gasteiger partial charge in [0.1, 0.15) is 11.9 Å². The van der Waals surface area contributed by atoms with Crippen LogP contribution in [-0.4, -0.2) is 28.9 Å². The molecule has 2 aromatic rings. The van der Waals surface area contributed by atoms with E-state index in [4.69, 9.17) is 11.5 Å². The van der Waals surface area contributed by atoms with E-state index >= 15 is 0 Å². The van der Waals surface area contributed by atoms with Crippen molar-refractivity contribution in [1.29, 1.82) is 0 Å². The number of anilines is 1. The zero-order valence-corrected chi connectivity index (χ0v) is 17.3. The van der Waals surface area contributed by atoms with Crippen molar-refractivity contribution >= 4 is 42.4 Å². The number of nitrogens with zero attached hydrogens (tertiary/aromatic N) is 1. The molecule has 1 aromatic carbocycles. The lowest BCUT2D eigenvalue weighted by Gasteiger charge is -2.17. The smallest absolute Gasteiger partial charge is 0.242 e. The summed E-state index contributed by atoms with van der Waals surface area (Å²) >= 11 is 0. The van der Waals surface area contributed by atoms with Gasteiger partial charge in [0.25, 0.3) is 0 Å². The highest BCUT2D eigenvalue weighted by atomic mass is 35.5. The number of carbonyl (C=O) groups is 2. The summed E-state index contributed by atoms with van der Waals surface area (Å²) in [5.41, 5.74) is 13.5. The van der Waals surface area contributed by atoms with E-state index in [1.165, 1.54) is 0 Å². The van der Waals surface area contributed by atoms with Crippen LogP contribution in [0.15, 0.2) is 48.7 Å². The van der Waals surface area contributed by atoms with Gasteiger partial charge in [-0.25, -0.2) is 4.98 Å². The highest BCUT2D eigenvalue weighted by Crippen LogP contribution is 2.06. The summed E-state index contributed by atoms with van der Waals surface area (Å²) in [6.45, 7) is 1.86. The average molecular weight is 428 g/mol. The Labute approximate surface area is 177 Å². The minimum atomic E-state index is -0.692. The lowest BCUT2D eigenvalue weighted by atomic mass is 10.1. The number of halogens is 2. The number of hydrogen-bond acceptors (Lipinski definition) is 5. The number of amides is 2. The molecule has 2 atom stereocenters. The van der Waals surface area contributed by atoms with E-state index in [9.17, 15) is 9.59 Å². The second kappa shape index (κ2) is 12.9. The zero-order valence-electron chi connectivity index (χ0n) is 15.6. The maximum atomic E-state index is 12.2. The normalized spacial score (nSPS) is 11.9. The zero-order chi connectivity index (χ0) is 18.9. The molecule has 0 saturated heterocycles. The second-order valence-corrected chi connectivity index (χ2v) is 6.13. The number of rotatable bonds is 8. The Kier molecular flexibility index (Phi) is 11.8. The Morgan fingerprint density at radius 2 is 1.75 bits per heavy atom. The van der Waals surface area contributed by atoms with Crippen LogP contribution < -0.4 is 22.1 Å². The molecule has 1 aromatic heterocycles. The van der Waals surface area contributed by atoms with Crippen LogP contribution in [0.25, 0.3) is 0 Å². The summed E-state index contributed by atoms with van der Waals surface area (Å²) in [5.74, 6) is -0.284. The maximum absolute atomic E-state index is 12.2. The van der Waals surface area contributed by atoms with Crippen LogP contribution >= 0.6 is 24.8 Å². The molecule has 7 nitrogen and oxygen atoms in total. The minimum Gasteiger partial charge on any atom is -0.383 e. The number of aromatic nitrogens is 1. The monoisotopic (exact) mass is 427 g/mol. The average Bonchev–Trinajstić information content (AvgIpc) is 2.65. The van der Waals surface area contributed by atoms with Gasteiger partial charge >= 0.3 is 0 Å². The summed E-state index contributed by atoms with van der Waals surface area (Å²) in [4.78, 5) is 28.3. The molecule has 2 unspecified atom stereocenters. The Morgan fingerprint density at radius 3 is 2.39 bits per heavy atom. The lowest BCUT2D eigenvalue weighted by molar-refractivity contribution is -0.129. The SMILES string of the molecule is CC(NC(=O)C(N)CCc1ccccc1)C(=O)NCc1cccnc1N.Cl.Cl. The molecule has 0 spiro atoms. The van der Waals surface area contributed by atoms with Crippen molar-refractivity contribution in [2.24, 2.45) is 5.73 Å². The van der Waals surface area contributed by atoms with E-state index in [2.05, 4.69) is 15.6 Å². The predicted molar refractivity (Wildman–Crippen MR) is 115 cm³/mol. The standard InChI is InChI=1S/C19H25N5O2.2ClH/c1-13(18(25)23-12-15-8-5-11-22-17(15)21)24-19(26)16(20)10-9-14-6-3-2-4-7-14;;/h2-8,11,13,16H,9-10,12,20H2,1H3,(H2,21,22)(H,23,25)(H,24,26);2*1H. The molecule has 0 aliphatic carbocycles. The molecular formula is C19H27Cl2N5O2. The van der Waals surface area contributed by atoms with Crippen LogP contribution in [0.1, 0.15) is 24.5 Å². The van der Waals surface area contributed by atoms with Crippen molar-refractivity contribution < 1.29 is 9.59 Å². The van der Waals surface area contributed by atoms with Gasteiger partial charge in [0.05, 0.1) is 6.04 Å². The third-order valence-corrected chi connectivity index (χ3v) is 4.05. The van der Waals surface area contributed by atoms with Gasteiger partial charge in [-0.3, -0.25) is 9.59 Å². The second-order valence-electron chi connectivity index (χ2n) is 6.13. The van der Waals surface area contributed by atoms with E-state index in [-0.39, 0.29) is 43.2 Å². The minimum absolute atomic E-state index is 0. The molecule has 1 heterocycles. The number of aryl methyl sites for hydroxylation is 1. The molecule has 6 N–H and O–H groups in total. The van der Waals surface area contributed by atoms with Crippen molar-refractivity contribution in [1.82, 2.24) is 15.6 Å². The Morgan fingerprint density at radius 1 is 1.07 bits per heavy atom. The number of nitrogen functional groups attached to an aromatic ring is 1. The van der Waals surface area contributed by atoms with E-state index in [0.717, 1.165) is 11.1 Å². The molecule has 2 amide bonds. The molecule has 2 rings (SSSR count). The summed E-state index contributed by atoms with van der Waals surface area (Å²) in [7, 11) is 0. The predicted octanol–water partition coefficient (Wildman–Crippen LogP) is 1.59. The first-order valence-corrected chi connectivity index (χ1v) is 8.54. The Balaban J connectivity index is 0.00000364.